The summed E-state index contributed by atoms with van der Waals surface area (Å²) in [6, 6.07) is 35.7. The van der Waals surface area contributed by atoms with Crippen LogP contribution in [0.15, 0.2) is 103 Å². The summed E-state index contributed by atoms with van der Waals surface area (Å²) in [5, 5.41) is 8.26. The van der Waals surface area contributed by atoms with Gasteiger partial charge in [-0.15, -0.1) is 10.2 Å². The number of pyridine rings is 1. The molecule has 0 amide bonds. The Morgan fingerprint density at radius 2 is 1.06 bits per heavy atom. The van der Waals surface area contributed by atoms with Crippen LogP contribution in [0.3, 0.4) is 0 Å². The highest BCUT2D eigenvalue weighted by atomic mass is 35.7. The summed E-state index contributed by atoms with van der Waals surface area (Å²) in [6.45, 7) is 0. The third-order valence-corrected chi connectivity index (χ3v) is 6.00. The van der Waals surface area contributed by atoms with Gasteiger partial charge in [-0.3, -0.25) is 0 Å². The Labute approximate surface area is 212 Å². The molecule has 7 nitrogen and oxygen atoms in total. The minimum absolute atomic E-state index is 0.655. The van der Waals surface area contributed by atoms with Crippen LogP contribution >= 0.6 is 23.6 Å². The fourth-order valence-electron chi connectivity index (χ4n) is 3.56. The fraction of sp³-hybridized carbons (Fsp3) is 0. The second-order valence-corrected chi connectivity index (χ2v) is 9.62. The van der Waals surface area contributed by atoms with E-state index in [0.717, 1.165) is 33.2 Å². The maximum Gasteiger partial charge on any atom is 0.414 e. The van der Waals surface area contributed by atoms with Crippen molar-refractivity contribution in [3.8, 4) is 38.8 Å². The van der Waals surface area contributed by atoms with E-state index >= 15 is 0 Å². The minimum atomic E-state index is -4.94. The van der Waals surface area contributed by atoms with Gasteiger partial charge in [-0.05, 0) is 46.8 Å². The summed E-state index contributed by atoms with van der Waals surface area (Å²) in [5.74, 6) is 0. The monoisotopic (exact) mass is 523 g/mol. The van der Waals surface area contributed by atoms with E-state index in [-0.39, 0.29) is 0 Å². The van der Waals surface area contributed by atoms with Crippen LogP contribution in [0.4, 0.5) is 0 Å². The van der Waals surface area contributed by atoms with E-state index in [9.17, 15) is 0 Å². The van der Waals surface area contributed by atoms with Gasteiger partial charge in [-0.2, -0.15) is 9.67 Å². The van der Waals surface area contributed by atoms with E-state index in [1.807, 2.05) is 18.2 Å². The molecular formula is C25H18ClN3O4S2. The summed E-state index contributed by atoms with van der Waals surface area (Å²) < 4.78 is 36.8. The first kappa shape index (κ1) is 24.8. The van der Waals surface area contributed by atoms with Crippen LogP contribution in [0.25, 0.3) is 38.8 Å². The topological polar surface area (TPSA) is 125 Å². The van der Waals surface area contributed by atoms with Crippen LogP contribution in [0, 0.1) is 14.2 Å². The van der Waals surface area contributed by atoms with Gasteiger partial charge in [0.1, 0.15) is 11.4 Å². The molecule has 2 heterocycles. The smallest absolute Gasteiger partial charge is 0.222 e. The molecule has 0 aliphatic rings. The van der Waals surface area contributed by atoms with E-state index in [2.05, 4.69) is 99.7 Å². The first-order chi connectivity index (χ1) is 16.8. The first-order valence-electron chi connectivity index (χ1n) is 10.2. The minimum Gasteiger partial charge on any atom is -0.222 e. The quantitative estimate of drug-likeness (QED) is 0.282. The van der Waals surface area contributed by atoms with Crippen molar-refractivity contribution in [1.82, 2.24) is 10.2 Å². The Bertz CT molecular complexity index is 1390. The maximum absolute atomic E-state index is 8.49. The van der Waals surface area contributed by atoms with Crippen molar-refractivity contribution in [1.29, 1.82) is 0 Å². The van der Waals surface area contributed by atoms with Crippen molar-refractivity contribution in [2.45, 2.75) is 0 Å². The largest absolute Gasteiger partial charge is 0.414 e. The molecule has 5 rings (SSSR count). The predicted octanol–water partition coefficient (Wildman–Crippen LogP) is 1.72. The van der Waals surface area contributed by atoms with Gasteiger partial charge in [0.05, 0.1) is 5.10 Å². The molecule has 2 aromatic heterocycles. The highest BCUT2D eigenvalue weighted by Crippen LogP contribution is 2.30. The van der Waals surface area contributed by atoms with Gasteiger partial charge in [-0.25, -0.2) is 18.6 Å². The van der Waals surface area contributed by atoms with Gasteiger partial charge in [0.25, 0.3) is 0 Å². The second-order valence-electron chi connectivity index (χ2n) is 7.22. The number of hydrogen-bond donors (Lipinski definition) is 1. The molecule has 10 heteroatoms. The van der Waals surface area contributed by atoms with Gasteiger partial charge in [0, 0.05) is 11.1 Å². The molecule has 0 saturated heterocycles. The molecule has 0 atom stereocenters. The van der Waals surface area contributed by atoms with Crippen LogP contribution < -0.4 is 23.2 Å². The van der Waals surface area contributed by atoms with E-state index in [0.29, 0.717) is 3.95 Å². The lowest BCUT2D eigenvalue weighted by Gasteiger charge is -2.17. The molecule has 3 aromatic carbocycles. The molecular weight excluding hydrogens is 506 g/mol. The van der Waals surface area contributed by atoms with Crippen LogP contribution in [0.1, 0.15) is 0 Å². The Hall–Kier alpha value is -3.28. The molecule has 5 aromatic rings. The van der Waals surface area contributed by atoms with E-state index in [4.69, 9.17) is 30.9 Å². The lowest BCUT2D eigenvalue weighted by molar-refractivity contribution is -2.00. The van der Waals surface area contributed by atoms with Crippen molar-refractivity contribution in [3.63, 3.8) is 0 Å². The highest BCUT2D eigenvalue weighted by molar-refractivity contribution is 7.73. The van der Waals surface area contributed by atoms with Crippen molar-refractivity contribution in [3.05, 3.63) is 107 Å². The number of halogens is 1. The zero-order chi connectivity index (χ0) is 24.8. The van der Waals surface area contributed by atoms with E-state index < -0.39 is 10.2 Å². The third-order valence-electron chi connectivity index (χ3n) is 4.93. The summed E-state index contributed by atoms with van der Waals surface area (Å²) in [4.78, 5) is 0. The molecule has 0 saturated carbocycles. The number of aromatic amines is 1. The van der Waals surface area contributed by atoms with Crippen molar-refractivity contribution in [2.75, 3.05) is 0 Å². The second kappa shape index (κ2) is 11.0. The molecule has 0 bridgehead atoms. The van der Waals surface area contributed by atoms with Crippen LogP contribution in [0.2, 0.25) is 0 Å². The summed E-state index contributed by atoms with van der Waals surface area (Å²) in [7, 11) is -4.94. The molecule has 0 aliphatic carbocycles. The summed E-state index contributed by atoms with van der Waals surface area (Å²) >= 11 is 6.81. The van der Waals surface area contributed by atoms with Gasteiger partial charge in [0.15, 0.2) is 0 Å². The van der Waals surface area contributed by atoms with Gasteiger partial charge < -0.3 is 0 Å². The zero-order valence-electron chi connectivity index (χ0n) is 18.0. The van der Waals surface area contributed by atoms with Crippen LogP contribution in [-0.4, -0.2) is 10.2 Å². The van der Waals surface area contributed by atoms with Crippen molar-refractivity contribution in [2.24, 2.45) is 0 Å². The Morgan fingerprint density at radius 1 is 0.657 bits per heavy atom. The maximum atomic E-state index is 8.49. The van der Waals surface area contributed by atoms with E-state index in [1.165, 1.54) is 16.9 Å². The number of nitrogens with zero attached hydrogens (tertiary/aromatic N) is 2. The number of rotatable bonds is 4. The number of nitrogens with one attached hydrogen (secondary N) is 1. The Balaban J connectivity index is 0.000000527. The lowest BCUT2D eigenvalue weighted by Crippen LogP contribution is -2.68. The fourth-order valence-corrected chi connectivity index (χ4v) is 4.46. The van der Waals surface area contributed by atoms with Gasteiger partial charge in [-0.1, -0.05) is 91.0 Å². The molecule has 0 fully saturated rings. The molecule has 35 heavy (non-hydrogen) atoms. The third kappa shape index (κ3) is 6.65. The van der Waals surface area contributed by atoms with Crippen LogP contribution in [-0.2, 0) is 0 Å². The first-order valence-corrected chi connectivity index (χ1v) is 12.7. The number of hydrogen-bond acceptors (Lipinski definition) is 7. The Kier molecular flexibility index (Phi) is 7.79. The Morgan fingerprint density at radius 3 is 1.43 bits per heavy atom. The molecule has 0 unspecified atom stereocenters. The zero-order valence-corrected chi connectivity index (χ0v) is 20.4. The van der Waals surface area contributed by atoms with Crippen molar-refractivity contribution < 1.29 is 33.4 Å². The molecule has 0 aliphatic heterocycles. The van der Waals surface area contributed by atoms with Gasteiger partial charge in [0.2, 0.25) is 3.95 Å². The molecule has 0 radical (unpaired) electrons. The SMILES string of the molecule is S=c1[nH]nc(-[n+]2c(-c3ccccc3)cc(-c3ccccc3)cc2-c2ccccc2)s1.[O-][Cl+3]([O-])([O-])[O-]. The molecule has 0 spiro atoms. The predicted molar refractivity (Wildman–Crippen MR) is 125 cm³/mol. The lowest BCUT2D eigenvalue weighted by atomic mass is 9.99. The highest BCUT2D eigenvalue weighted by Gasteiger charge is 2.24. The summed E-state index contributed by atoms with van der Waals surface area (Å²) in [5.41, 5.74) is 6.70. The number of aromatic nitrogens is 3. The standard InChI is InChI=1S/C25H17N3S2.ClHO4/c29-25-27-26-24(30-25)28-22(19-12-6-2-7-13-19)16-21(18-10-4-1-5-11-18)17-23(28)20-14-8-3-9-15-20;2-1(3,4)5/h1-17H;(H,2,3,4,5). The normalized spacial score (nSPS) is 11.0. The number of H-pyrrole nitrogens is 1. The summed E-state index contributed by atoms with van der Waals surface area (Å²) in [6.07, 6.45) is 0. The van der Waals surface area contributed by atoms with Crippen molar-refractivity contribution >= 4 is 23.6 Å². The van der Waals surface area contributed by atoms with Crippen LogP contribution in [0.5, 0.6) is 0 Å². The molecule has 1 N–H and O–H groups in total. The average molecular weight is 524 g/mol. The molecule has 176 valence electrons. The average Bonchev–Trinajstić information content (AvgIpc) is 3.29. The van der Waals surface area contributed by atoms with E-state index in [1.54, 1.807) is 0 Å². The number of benzene rings is 3. The van der Waals surface area contributed by atoms with Gasteiger partial charge >= 0.3 is 5.13 Å².